The quantitative estimate of drug-likeness (QED) is 0.123. The maximum atomic E-state index is 6.66. The number of allylic oxidation sites excluding steroid dienone is 7. The van der Waals surface area contributed by atoms with Crippen LogP contribution < -0.4 is 0 Å². The van der Waals surface area contributed by atoms with Crippen molar-refractivity contribution >= 4 is 87.3 Å². The van der Waals surface area contributed by atoms with Gasteiger partial charge in [-0.15, -0.1) is 0 Å². The van der Waals surface area contributed by atoms with Gasteiger partial charge in [0, 0.05) is 26.9 Å². The van der Waals surface area contributed by atoms with Gasteiger partial charge < -0.3 is 8.83 Å². The van der Waals surface area contributed by atoms with Crippen molar-refractivity contribution in [2.75, 3.05) is 0 Å². The summed E-state index contributed by atoms with van der Waals surface area (Å²) in [6.45, 7) is 12.9. The molecule has 54 heavy (non-hydrogen) atoms. The molecule has 0 unspecified atom stereocenters. The topological polar surface area (TPSA) is 26.3 Å². The van der Waals surface area contributed by atoms with Crippen molar-refractivity contribution < 1.29 is 8.83 Å². The van der Waals surface area contributed by atoms with Crippen molar-refractivity contribution in [1.29, 1.82) is 0 Å². The number of benzene rings is 8. The molecule has 0 aliphatic carbocycles. The first-order valence-electron chi connectivity index (χ1n) is 18.2. The molecule has 0 fully saturated rings. The highest BCUT2D eigenvalue weighted by molar-refractivity contribution is 6.26. The monoisotopic (exact) mass is 690 g/mol. The van der Waals surface area contributed by atoms with Crippen molar-refractivity contribution in [2.24, 2.45) is 0 Å². The van der Waals surface area contributed by atoms with Crippen LogP contribution in [0, 0.1) is 0 Å². The lowest BCUT2D eigenvalue weighted by Crippen LogP contribution is -1.93. The van der Waals surface area contributed by atoms with Gasteiger partial charge in [-0.3, -0.25) is 0 Å². The van der Waals surface area contributed by atoms with E-state index in [1.165, 1.54) is 16.3 Å². The molecule has 0 radical (unpaired) electrons. The van der Waals surface area contributed by atoms with Crippen molar-refractivity contribution in [2.45, 2.75) is 0 Å². The first-order chi connectivity index (χ1) is 26.6. The zero-order valence-corrected chi connectivity index (χ0v) is 29.6. The molecule has 0 saturated carbocycles. The van der Waals surface area contributed by atoms with Gasteiger partial charge >= 0.3 is 0 Å². The highest BCUT2D eigenvalue weighted by atomic mass is 16.3. The zero-order valence-electron chi connectivity index (χ0n) is 29.6. The summed E-state index contributed by atoms with van der Waals surface area (Å²) in [4.78, 5) is 0. The van der Waals surface area contributed by atoms with Gasteiger partial charge in [-0.1, -0.05) is 141 Å². The smallest absolute Gasteiger partial charge is 0.143 e. The van der Waals surface area contributed by atoms with E-state index in [0.717, 1.165) is 98.8 Å². The molecule has 2 heterocycles. The molecule has 2 heteroatoms. The number of fused-ring (bicyclic) bond motifs is 11. The van der Waals surface area contributed by atoms with Gasteiger partial charge in [0.15, 0.2) is 0 Å². The van der Waals surface area contributed by atoms with Crippen molar-refractivity contribution in [1.82, 2.24) is 0 Å². The van der Waals surface area contributed by atoms with E-state index in [0.29, 0.717) is 0 Å². The molecule has 0 bridgehead atoms. The molecule has 10 aromatic rings. The Hall–Kier alpha value is -7.16. The maximum absolute atomic E-state index is 6.66. The van der Waals surface area contributed by atoms with Crippen LogP contribution in [0.3, 0.4) is 0 Å². The molecule has 0 atom stereocenters. The van der Waals surface area contributed by atoms with Crippen LogP contribution in [0.1, 0.15) is 11.1 Å². The number of para-hydroxylation sites is 1. The van der Waals surface area contributed by atoms with Crippen LogP contribution >= 0.6 is 0 Å². The predicted octanol–water partition coefficient (Wildman–Crippen LogP) is 15.0. The lowest BCUT2D eigenvalue weighted by Gasteiger charge is -2.18. The minimum atomic E-state index is 0.863. The fourth-order valence-electron chi connectivity index (χ4n) is 8.31. The Labute approximate surface area is 312 Å². The summed E-state index contributed by atoms with van der Waals surface area (Å²) in [6.07, 6.45) is 8.01. The largest absolute Gasteiger partial charge is 0.456 e. The SMILES string of the molecule is C=CC(=C\C(=C)c1c2ccccc2c(-c2ccc3oc4c(ccc5c4ccc4oc6ccccc6c45)c3c2)c2ccccc12)/C=C(\C=C)c1ccccc1. The van der Waals surface area contributed by atoms with E-state index in [1.54, 1.807) is 0 Å². The highest BCUT2D eigenvalue weighted by Crippen LogP contribution is 2.45. The average molecular weight is 691 g/mol. The molecular formula is C52H34O2. The molecule has 0 amide bonds. The summed E-state index contributed by atoms with van der Waals surface area (Å²) in [6, 6.07) is 51.0. The fraction of sp³-hybridized carbons (Fsp3) is 0. The molecule has 0 aliphatic heterocycles. The summed E-state index contributed by atoms with van der Waals surface area (Å²) in [5.41, 5.74) is 11.0. The molecule has 0 saturated heterocycles. The fourth-order valence-corrected chi connectivity index (χ4v) is 8.31. The minimum Gasteiger partial charge on any atom is -0.456 e. The maximum Gasteiger partial charge on any atom is 0.143 e. The van der Waals surface area contributed by atoms with Crippen LogP contribution in [0.15, 0.2) is 204 Å². The Morgan fingerprint density at radius 1 is 0.463 bits per heavy atom. The van der Waals surface area contributed by atoms with Gasteiger partial charge in [-0.05, 0) is 114 Å². The average Bonchev–Trinajstić information content (AvgIpc) is 3.80. The molecule has 0 spiro atoms. The number of hydrogen-bond donors (Lipinski definition) is 0. The van der Waals surface area contributed by atoms with Crippen molar-refractivity contribution in [3.8, 4) is 11.1 Å². The lowest BCUT2D eigenvalue weighted by atomic mass is 9.85. The number of furan rings is 2. The summed E-state index contributed by atoms with van der Waals surface area (Å²) >= 11 is 0. The van der Waals surface area contributed by atoms with Crippen molar-refractivity contribution in [3.05, 3.63) is 206 Å². The highest BCUT2D eigenvalue weighted by Gasteiger charge is 2.19. The van der Waals surface area contributed by atoms with E-state index in [1.807, 2.05) is 42.5 Å². The summed E-state index contributed by atoms with van der Waals surface area (Å²) in [5.74, 6) is 0. The van der Waals surface area contributed by atoms with Crippen LogP contribution in [-0.2, 0) is 0 Å². The third-order valence-corrected chi connectivity index (χ3v) is 10.7. The molecular weight excluding hydrogens is 657 g/mol. The number of hydrogen-bond acceptors (Lipinski definition) is 2. The van der Waals surface area contributed by atoms with Gasteiger partial charge in [-0.2, -0.15) is 0 Å². The second-order valence-electron chi connectivity index (χ2n) is 13.8. The van der Waals surface area contributed by atoms with Crippen LogP contribution in [0.4, 0.5) is 0 Å². The Morgan fingerprint density at radius 2 is 1.06 bits per heavy atom. The van der Waals surface area contributed by atoms with Gasteiger partial charge in [0.1, 0.15) is 22.3 Å². The Balaban J connectivity index is 1.16. The standard InChI is InChI=1S/C52H34O2/c1-4-33(30-34(5-2)35-15-7-6-8-16-35)29-32(3)49-37-17-9-11-19-39(37)50(40-20-12-10-18-38(40)49)36-23-27-47-45(31-36)43-25-24-41-42(52(43)54-47)26-28-48-51(41)44-21-13-14-22-46(44)53-48/h4-31H,1-3H2/b33-29+,34-30+. The molecule has 254 valence electrons. The zero-order chi connectivity index (χ0) is 36.3. The van der Waals surface area contributed by atoms with E-state index in [4.69, 9.17) is 8.83 Å². The molecule has 0 aliphatic rings. The van der Waals surface area contributed by atoms with Crippen molar-refractivity contribution in [3.63, 3.8) is 0 Å². The predicted molar refractivity (Wildman–Crippen MR) is 231 cm³/mol. The van der Waals surface area contributed by atoms with Crippen LogP contribution in [-0.4, -0.2) is 0 Å². The Bertz CT molecular complexity index is 3200. The normalized spacial score (nSPS) is 12.5. The van der Waals surface area contributed by atoms with E-state index < -0.39 is 0 Å². The molecule has 2 nitrogen and oxygen atoms in total. The molecule has 10 rings (SSSR count). The number of rotatable bonds is 7. The van der Waals surface area contributed by atoms with E-state index >= 15 is 0 Å². The lowest BCUT2D eigenvalue weighted by molar-refractivity contribution is 0.669. The Kier molecular flexibility index (Phi) is 7.31. The van der Waals surface area contributed by atoms with Crippen LogP contribution in [0.2, 0.25) is 0 Å². The van der Waals surface area contributed by atoms with E-state index in [9.17, 15) is 0 Å². The summed E-state index contributed by atoms with van der Waals surface area (Å²) in [5, 5.41) is 11.2. The summed E-state index contributed by atoms with van der Waals surface area (Å²) < 4.78 is 12.9. The third-order valence-electron chi connectivity index (χ3n) is 10.7. The van der Waals surface area contributed by atoms with Gasteiger partial charge in [0.2, 0.25) is 0 Å². The van der Waals surface area contributed by atoms with Gasteiger partial charge in [-0.25, -0.2) is 0 Å². The first-order valence-corrected chi connectivity index (χ1v) is 18.2. The van der Waals surface area contributed by atoms with E-state index in [2.05, 4.69) is 147 Å². The molecule has 0 N–H and O–H groups in total. The third kappa shape index (κ3) is 4.88. The van der Waals surface area contributed by atoms with Crippen LogP contribution in [0.25, 0.3) is 98.5 Å². The van der Waals surface area contributed by atoms with Crippen LogP contribution in [0.5, 0.6) is 0 Å². The summed E-state index contributed by atoms with van der Waals surface area (Å²) in [7, 11) is 0. The first kappa shape index (κ1) is 31.6. The Morgan fingerprint density at radius 3 is 1.78 bits per heavy atom. The second kappa shape index (κ2) is 12.5. The van der Waals surface area contributed by atoms with Gasteiger partial charge in [0.05, 0.1) is 0 Å². The molecule has 8 aromatic carbocycles. The van der Waals surface area contributed by atoms with E-state index in [-0.39, 0.29) is 0 Å². The second-order valence-corrected chi connectivity index (χ2v) is 13.8. The van der Waals surface area contributed by atoms with Gasteiger partial charge in [0.25, 0.3) is 0 Å². The molecule has 2 aromatic heterocycles. The minimum absolute atomic E-state index is 0.863.